The molecule has 4 aromatic carbocycles. The third-order valence-electron chi connectivity index (χ3n) is 7.52. The van der Waals surface area contributed by atoms with Crippen LogP contribution in [0.4, 0.5) is 18.9 Å². The molecule has 11 heteroatoms. The van der Waals surface area contributed by atoms with Crippen LogP contribution in [-0.4, -0.2) is 43.8 Å². The van der Waals surface area contributed by atoms with E-state index in [0.717, 1.165) is 28.8 Å². The highest BCUT2D eigenvalue weighted by atomic mass is 32.2. The molecule has 0 aromatic heterocycles. The third kappa shape index (κ3) is 9.22. The fraction of sp³-hybridized carbons (Fsp3) is 0.278. The van der Waals surface area contributed by atoms with Crippen molar-refractivity contribution in [3.05, 3.63) is 131 Å². The van der Waals surface area contributed by atoms with Crippen molar-refractivity contribution in [2.24, 2.45) is 0 Å². The van der Waals surface area contributed by atoms with Crippen molar-refractivity contribution < 1.29 is 31.2 Å². The van der Waals surface area contributed by atoms with Gasteiger partial charge in [-0.15, -0.1) is 0 Å². The summed E-state index contributed by atoms with van der Waals surface area (Å²) in [6.45, 7) is 6.33. The van der Waals surface area contributed by atoms with Crippen molar-refractivity contribution in [3.63, 3.8) is 0 Å². The Bertz CT molecular complexity index is 1780. The summed E-state index contributed by atoms with van der Waals surface area (Å²) < 4.78 is 70.2. The standard InChI is InChI=1S/C36H38F3N3O4S/c1-25(2)40-35(44)33(21-28-9-6-5-7-10-28)41(23-29-17-13-26(3)14-18-29)34(43)24-42(31-12-8-11-30(22-31)36(37,38)39)47(45,46)32-19-15-27(4)16-20-32/h5-20,22,25,33H,21,23-24H2,1-4H3,(H,40,44)/t33-/m1/s1. The van der Waals surface area contributed by atoms with Crippen molar-refractivity contribution in [1.29, 1.82) is 0 Å². The summed E-state index contributed by atoms with van der Waals surface area (Å²) in [4.78, 5) is 29.3. The van der Waals surface area contributed by atoms with E-state index in [1.807, 2.05) is 61.5 Å². The molecule has 1 atom stereocenters. The molecule has 0 saturated carbocycles. The number of hydrogen-bond acceptors (Lipinski definition) is 4. The number of nitrogens with one attached hydrogen (secondary N) is 1. The molecule has 0 aliphatic carbocycles. The van der Waals surface area contributed by atoms with Crippen molar-refractivity contribution in [3.8, 4) is 0 Å². The number of rotatable bonds is 12. The number of benzene rings is 4. The molecule has 0 saturated heterocycles. The van der Waals surface area contributed by atoms with Gasteiger partial charge in [-0.1, -0.05) is 83.9 Å². The van der Waals surface area contributed by atoms with E-state index < -0.39 is 46.2 Å². The lowest BCUT2D eigenvalue weighted by Crippen LogP contribution is -2.54. The minimum Gasteiger partial charge on any atom is -0.352 e. The van der Waals surface area contributed by atoms with Gasteiger partial charge in [-0.05, 0) is 69.2 Å². The van der Waals surface area contributed by atoms with E-state index >= 15 is 0 Å². The van der Waals surface area contributed by atoms with Gasteiger partial charge in [0.05, 0.1) is 16.1 Å². The van der Waals surface area contributed by atoms with E-state index in [-0.39, 0.29) is 29.6 Å². The molecular formula is C36H38F3N3O4S. The van der Waals surface area contributed by atoms with Crippen LogP contribution in [0.25, 0.3) is 0 Å². The molecule has 0 bridgehead atoms. The van der Waals surface area contributed by atoms with Crippen LogP contribution in [0.1, 0.15) is 41.7 Å². The minimum absolute atomic E-state index is 0.0524. The van der Waals surface area contributed by atoms with Crippen LogP contribution in [0.15, 0.2) is 108 Å². The first kappa shape index (κ1) is 35.2. The normalized spacial score (nSPS) is 12.4. The fourth-order valence-electron chi connectivity index (χ4n) is 5.03. The van der Waals surface area contributed by atoms with E-state index in [4.69, 9.17) is 0 Å². The second-order valence-corrected chi connectivity index (χ2v) is 13.6. The van der Waals surface area contributed by atoms with Gasteiger partial charge >= 0.3 is 6.18 Å². The molecule has 0 aliphatic heterocycles. The van der Waals surface area contributed by atoms with Gasteiger partial charge < -0.3 is 10.2 Å². The molecule has 0 radical (unpaired) electrons. The molecule has 4 rings (SSSR count). The van der Waals surface area contributed by atoms with Gasteiger partial charge in [0.1, 0.15) is 12.6 Å². The lowest BCUT2D eigenvalue weighted by Gasteiger charge is -2.34. The predicted octanol–water partition coefficient (Wildman–Crippen LogP) is 6.68. The number of amides is 2. The quantitative estimate of drug-likeness (QED) is 0.183. The Morgan fingerprint density at radius 1 is 0.787 bits per heavy atom. The zero-order chi connectivity index (χ0) is 34.4. The number of aryl methyl sites for hydroxylation is 2. The second-order valence-electron chi connectivity index (χ2n) is 11.7. The van der Waals surface area contributed by atoms with Crippen molar-refractivity contribution in [2.75, 3.05) is 10.8 Å². The van der Waals surface area contributed by atoms with E-state index in [1.165, 1.54) is 23.1 Å². The van der Waals surface area contributed by atoms with Crippen LogP contribution in [0, 0.1) is 13.8 Å². The molecule has 0 unspecified atom stereocenters. The number of nitrogens with zero attached hydrogens (tertiary/aromatic N) is 2. The van der Waals surface area contributed by atoms with Gasteiger partial charge in [0.25, 0.3) is 10.0 Å². The van der Waals surface area contributed by atoms with Crippen LogP contribution in [0.5, 0.6) is 0 Å². The molecule has 0 aliphatic rings. The Hall–Kier alpha value is -4.64. The number of sulfonamides is 1. The van der Waals surface area contributed by atoms with E-state index in [9.17, 15) is 31.2 Å². The first-order valence-corrected chi connectivity index (χ1v) is 16.5. The summed E-state index contributed by atoms with van der Waals surface area (Å²) in [5, 5.41) is 2.87. The van der Waals surface area contributed by atoms with Crippen LogP contribution in [-0.2, 0) is 38.8 Å². The molecule has 2 amide bonds. The Morgan fingerprint density at radius 3 is 1.96 bits per heavy atom. The molecule has 0 fully saturated rings. The highest BCUT2D eigenvalue weighted by molar-refractivity contribution is 7.92. The van der Waals surface area contributed by atoms with Gasteiger partial charge in [0.2, 0.25) is 11.8 Å². The Labute approximate surface area is 274 Å². The van der Waals surface area contributed by atoms with Gasteiger partial charge in [0.15, 0.2) is 0 Å². The molecule has 47 heavy (non-hydrogen) atoms. The minimum atomic E-state index is -4.76. The first-order valence-electron chi connectivity index (χ1n) is 15.1. The molecule has 4 aromatic rings. The Morgan fingerprint density at radius 2 is 1.38 bits per heavy atom. The third-order valence-corrected chi connectivity index (χ3v) is 9.31. The predicted molar refractivity (Wildman–Crippen MR) is 176 cm³/mol. The highest BCUT2D eigenvalue weighted by Gasteiger charge is 2.36. The summed E-state index contributed by atoms with van der Waals surface area (Å²) in [5.41, 5.74) is 1.79. The number of alkyl halides is 3. The maximum Gasteiger partial charge on any atom is 0.416 e. The summed E-state index contributed by atoms with van der Waals surface area (Å²) in [6, 6.07) is 24.7. The number of carbonyl (C=O) groups excluding carboxylic acids is 2. The van der Waals surface area contributed by atoms with Crippen molar-refractivity contribution in [1.82, 2.24) is 10.2 Å². The van der Waals surface area contributed by atoms with E-state index in [0.29, 0.717) is 15.9 Å². The van der Waals surface area contributed by atoms with Crippen molar-refractivity contribution >= 4 is 27.5 Å². The molecule has 248 valence electrons. The van der Waals surface area contributed by atoms with Crippen LogP contribution in [0.2, 0.25) is 0 Å². The summed E-state index contributed by atoms with van der Waals surface area (Å²) in [7, 11) is -4.55. The maximum atomic E-state index is 14.5. The highest BCUT2D eigenvalue weighted by Crippen LogP contribution is 2.33. The Balaban J connectivity index is 1.84. The van der Waals surface area contributed by atoms with Gasteiger partial charge in [-0.3, -0.25) is 13.9 Å². The average molecular weight is 666 g/mol. The maximum absolute atomic E-state index is 14.5. The van der Waals surface area contributed by atoms with Crippen LogP contribution < -0.4 is 9.62 Å². The monoisotopic (exact) mass is 665 g/mol. The second kappa shape index (κ2) is 14.8. The van der Waals surface area contributed by atoms with Crippen LogP contribution in [0.3, 0.4) is 0 Å². The fourth-order valence-corrected chi connectivity index (χ4v) is 6.43. The summed E-state index contributed by atoms with van der Waals surface area (Å²) in [5.74, 6) is -1.21. The zero-order valence-electron chi connectivity index (χ0n) is 26.7. The molecule has 0 spiro atoms. The van der Waals surface area contributed by atoms with Crippen LogP contribution >= 0.6 is 0 Å². The molecular weight excluding hydrogens is 627 g/mol. The number of anilines is 1. The summed E-state index contributed by atoms with van der Waals surface area (Å²) in [6.07, 6.45) is -4.64. The lowest BCUT2D eigenvalue weighted by molar-refractivity contribution is -0.140. The largest absolute Gasteiger partial charge is 0.416 e. The first-order chi connectivity index (χ1) is 22.1. The lowest BCUT2D eigenvalue weighted by atomic mass is 10.0. The topological polar surface area (TPSA) is 86.8 Å². The summed E-state index contributed by atoms with van der Waals surface area (Å²) >= 11 is 0. The van der Waals surface area contributed by atoms with Gasteiger partial charge in [-0.2, -0.15) is 13.2 Å². The average Bonchev–Trinajstić information content (AvgIpc) is 3.02. The van der Waals surface area contributed by atoms with E-state index in [2.05, 4.69) is 5.32 Å². The number of hydrogen-bond donors (Lipinski definition) is 1. The van der Waals surface area contributed by atoms with E-state index in [1.54, 1.807) is 32.9 Å². The van der Waals surface area contributed by atoms with Crippen molar-refractivity contribution in [2.45, 2.75) is 63.8 Å². The Kier molecular flexibility index (Phi) is 11.1. The SMILES string of the molecule is Cc1ccc(CN(C(=O)CN(c2cccc(C(F)(F)F)c2)S(=O)(=O)c2ccc(C)cc2)[C@H](Cc2ccccc2)C(=O)NC(C)C)cc1. The zero-order valence-corrected chi connectivity index (χ0v) is 27.5. The van der Waals surface area contributed by atoms with Gasteiger partial charge in [0, 0.05) is 19.0 Å². The molecule has 1 N–H and O–H groups in total. The smallest absolute Gasteiger partial charge is 0.352 e. The number of halogens is 3. The molecule has 0 heterocycles. The molecule has 7 nitrogen and oxygen atoms in total. The number of carbonyl (C=O) groups is 2. The van der Waals surface area contributed by atoms with Gasteiger partial charge in [-0.25, -0.2) is 8.42 Å².